The van der Waals surface area contributed by atoms with Crippen LogP contribution in [0.2, 0.25) is 18.1 Å². The van der Waals surface area contributed by atoms with Gasteiger partial charge in [-0.15, -0.1) is 0 Å². The van der Waals surface area contributed by atoms with Crippen LogP contribution >= 0.6 is 22.6 Å². The first kappa shape index (κ1) is 14.0. The van der Waals surface area contributed by atoms with Crippen molar-refractivity contribution in [3.63, 3.8) is 0 Å². The Kier molecular flexibility index (Phi) is 4.70. The lowest BCUT2D eigenvalue weighted by atomic mass is 9.83. The molecule has 0 aliphatic heterocycles. The first-order valence-corrected chi connectivity index (χ1v) is 10.3. The van der Waals surface area contributed by atoms with Crippen LogP contribution in [0, 0.1) is 5.92 Å². The second kappa shape index (κ2) is 5.04. The smallest absolute Gasteiger partial charge is 0.188 e. The molecule has 15 heavy (non-hydrogen) atoms. The summed E-state index contributed by atoms with van der Waals surface area (Å²) in [5.41, 5.74) is 0. The van der Waals surface area contributed by atoms with Gasteiger partial charge >= 0.3 is 0 Å². The van der Waals surface area contributed by atoms with Crippen LogP contribution in [0.1, 0.15) is 46.0 Å². The van der Waals surface area contributed by atoms with Crippen LogP contribution in [0.3, 0.4) is 0 Å². The molecule has 1 aliphatic rings. The van der Waals surface area contributed by atoms with Gasteiger partial charge in [-0.2, -0.15) is 0 Å². The summed E-state index contributed by atoms with van der Waals surface area (Å²) >= 11 is 2.62. The summed E-state index contributed by atoms with van der Waals surface area (Å²) in [5.74, 6) is 0.841. The van der Waals surface area contributed by atoms with Crippen molar-refractivity contribution < 1.29 is 4.80 Å². The quantitative estimate of drug-likeness (QED) is 0.460. The number of rotatable bonds is 3. The van der Waals surface area contributed by atoms with Gasteiger partial charge < -0.3 is 4.80 Å². The Hall–Kier alpha value is 0.907. The summed E-state index contributed by atoms with van der Waals surface area (Å²) in [6, 6.07) is 0. The largest absolute Gasteiger partial charge is 0.432 e. The molecule has 1 rings (SSSR count). The number of hydrogen-bond acceptors (Lipinski definition) is 1. The average molecular weight is 340 g/mol. The van der Waals surface area contributed by atoms with E-state index in [1.165, 1.54) is 32.1 Å². The molecular formula is C12H25IOSi. The highest BCUT2D eigenvalue weighted by Crippen LogP contribution is 2.46. The maximum absolute atomic E-state index is 10.3. The van der Waals surface area contributed by atoms with Gasteiger partial charge in [0.05, 0.1) is 0 Å². The standard InChI is InChI=1S/C12H25IOSi/c1-12(2,15(3,4)14)9-10-7-5-6-8-11(10)13/h10-11,14H,5-9H2,1-4H3/t10-,11-/m1/s1. The van der Waals surface area contributed by atoms with E-state index in [0.29, 0.717) is 0 Å². The molecule has 1 saturated carbocycles. The Morgan fingerprint density at radius 1 is 1.27 bits per heavy atom. The molecule has 0 heterocycles. The minimum absolute atomic E-state index is 0.165. The third kappa shape index (κ3) is 3.70. The molecule has 1 aliphatic carbocycles. The molecule has 2 atom stereocenters. The highest BCUT2D eigenvalue weighted by molar-refractivity contribution is 14.1. The Labute approximate surface area is 109 Å². The molecule has 0 bridgehead atoms. The molecule has 0 aromatic heterocycles. The van der Waals surface area contributed by atoms with E-state index in [1.807, 2.05) is 0 Å². The van der Waals surface area contributed by atoms with Crippen LogP contribution < -0.4 is 0 Å². The molecule has 1 N–H and O–H groups in total. The molecule has 1 fully saturated rings. The van der Waals surface area contributed by atoms with Gasteiger partial charge in [-0.25, -0.2) is 0 Å². The molecule has 0 amide bonds. The van der Waals surface area contributed by atoms with Gasteiger partial charge in [-0.1, -0.05) is 49.3 Å². The summed E-state index contributed by atoms with van der Waals surface area (Å²) in [4.78, 5) is 10.3. The third-order valence-corrected chi connectivity index (χ3v) is 9.40. The van der Waals surface area contributed by atoms with E-state index >= 15 is 0 Å². The maximum Gasteiger partial charge on any atom is 0.188 e. The molecule has 3 heteroatoms. The molecule has 0 aromatic rings. The highest BCUT2D eigenvalue weighted by atomic mass is 127. The number of hydrogen-bond donors (Lipinski definition) is 1. The van der Waals surface area contributed by atoms with Crippen molar-refractivity contribution in [1.29, 1.82) is 0 Å². The lowest BCUT2D eigenvalue weighted by molar-refractivity contribution is 0.310. The van der Waals surface area contributed by atoms with E-state index in [2.05, 4.69) is 49.5 Å². The van der Waals surface area contributed by atoms with Crippen molar-refractivity contribution in [3.8, 4) is 0 Å². The zero-order chi connectivity index (χ0) is 11.7. The fourth-order valence-electron chi connectivity index (χ4n) is 2.30. The molecular weight excluding hydrogens is 315 g/mol. The predicted octanol–water partition coefficient (Wildman–Crippen LogP) is 4.35. The van der Waals surface area contributed by atoms with Crippen LogP contribution in [0.25, 0.3) is 0 Å². The van der Waals surface area contributed by atoms with Gasteiger partial charge in [0.1, 0.15) is 0 Å². The summed E-state index contributed by atoms with van der Waals surface area (Å²) in [6.07, 6.45) is 6.78. The van der Waals surface area contributed by atoms with Gasteiger partial charge in [0.25, 0.3) is 0 Å². The number of alkyl halides is 1. The van der Waals surface area contributed by atoms with Crippen molar-refractivity contribution >= 4 is 30.9 Å². The van der Waals surface area contributed by atoms with Gasteiger partial charge in [0, 0.05) is 3.92 Å². The Bertz CT molecular complexity index is 210. The minimum Gasteiger partial charge on any atom is -0.432 e. The average Bonchev–Trinajstić information content (AvgIpc) is 2.06. The van der Waals surface area contributed by atoms with Crippen LogP contribution in [0.4, 0.5) is 0 Å². The molecule has 0 aromatic carbocycles. The summed E-state index contributed by atoms with van der Waals surface area (Å²) in [6.45, 7) is 8.68. The van der Waals surface area contributed by atoms with E-state index in [0.717, 1.165) is 9.84 Å². The molecule has 0 saturated heterocycles. The first-order chi connectivity index (χ1) is 6.74. The first-order valence-electron chi connectivity index (χ1n) is 6.10. The van der Waals surface area contributed by atoms with Gasteiger partial charge in [0.2, 0.25) is 0 Å². The summed E-state index contributed by atoms with van der Waals surface area (Å²) in [5, 5.41) is 0.165. The molecule has 0 spiro atoms. The van der Waals surface area contributed by atoms with Gasteiger partial charge in [-0.3, -0.25) is 0 Å². The monoisotopic (exact) mass is 340 g/mol. The second-order valence-corrected chi connectivity index (χ2v) is 12.3. The van der Waals surface area contributed by atoms with Crippen molar-refractivity contribution in [2.45, 2.75) is 68.0 Å². The maximum atomic E-state index is 10.3. The van der Waals surface area contributed by atoms with E-state index < -0.39 is 8.32 Å². The highest BCUT2D eigenvalue weighted by Gasteiger charge is 2.41. The van der Waals surface area contributed by atoms with Crippen molar-refractivity contribution in [2.75, 3.05) is 0 Å². The molecule has 1 nitrogen and oxygen atoms in total. The van der Waals surface area contributed by atoms with E-state index in [-0.39, 0.29) is 5.04 Å². The van der Waals surface area contributed by atoms with Crippen molar-refractivity contribution in [3.05, 3.63) is 0 Å². The van der Waals surface area contributed by atoms with Crippen molar-refractivity contribution in [2.24, 2.45) is 5.92 Å². The molecule has 0 radical (unpaired) electrons. The second-order valence-electron chi connectivity index (χ2n) is 6.21. The van der Waals surface area contributed by atoms with Crippen molar-refractivity contribution in [1.82, 2.24) is 0 Å². The summed E-state index contributed by atoms with van der Waals surface area (Å²) in [7, 11) is -2.00. The Morgan fingerprint density at radius 3 is 2.27 bits per heavy atom. The van der Waals surface area contributed by atoms with Gasteiger partial charge in [0.15, 0.2) is 8.32 Å². The Balaban J connectivity index is 2.59. The zero-order valence-electron chi connectivity index (χ0n) is 10.5. The zero-order valence-corrected chi connectivity index (χ0v) is 13.7. The number of halogens is 1. The third-order valence-electron chi connectivity index (χ3n) is 4.25. The van der Waals surface area contributed by atoms with Crippen LogP contribution in [-0.4, -0.2) is 17.0 Å². The lowest BCUT2D eigenvalue weighted by Gasteiger charge is -2.40. The van der Waals surface area contributed by atoms with E-state index in [4.69, 9.17) is 0 Å². The predicted molar refractivity (Wildman–Crippen MR) is 78.1 cm³/mol. The van der Waals surface area contributed by atoms with E-state index in [1.54, 1.807) is 0 Å². The topological polar surface area (TPSA) is 20.2 Å². The molecule has 90 valence electrons. The van der Waals surface area contributed by atoms with Gasteiger partial charge in [-0.05, 0) is 43.3 Å². The fraction of sp³-hybridized carbons (Fsp3) is 1.00. The Morgan fingerprint density at radius 2 is 1.80 bits per heavy atom. The SMILES string of the molecule is CC(C)(C[C@H]1CCCC[C@H]1I)[Si](C)(C)O. The fourth-order valence-corrected chi connectivity index (χ4v) is 4.11. The van der Waals surface area contributed by atoms with E-state index in [9.17, 15) is 4.80 Å². The normalized spacial score (nSPS) is 29.2. The molecule has 0 unspecified atom stereocenters. The van der Waals surface area contributed by atoms with Crippen LogP contribution in [-0.2, 0) is 0 Å². The lowest BCUT2D eigenvalue weighted by Crippen LogP contribution is -2.41. The van der Waals surface area contributed by atoms with Crippen LogP contribution in [0.5, 0.6) is 0 Å². The van der Waals surface area contributed by atoms with Crippen LogP contribution in [0.15, 0.2) is 0 Å². The summed E-state index contributed by atoms with van der Waals surface area (Å²) < 4.78 is 0.840. The minimum atomic E-state index is -2.00.